The Morgan fingerprint density at radius 1 is 0.920 bits per heavy atom. The number of aromatic nitrogens is 5. The van der Waals surface area contributed by atoms with Crippen LogP contribution in [-0.2, 0) is 29.0 Å². The van der Waals surface area contributed by atoms with Crippen LogP contribution in [0.2, 0.25) is 0 Å². The molecule has 3 aromatic heterocycles. The third-order valence-electron chi connectivity index (χ3n) is 8.54. The minimum absolute atomic E-state index is 0.0665. The topological polar surface area (TPSA) is 228 Å². The van der Waals surface area contributed by atoms with E-state index in [-0.39, 0.29) is 25.3 Å². The van der Waals surface area contributed by atoms with Crippen LogP contribution >= 0.6 is 0 Å². The van der Waals surface area contributed by atoms with E-state index >= 15 is 0 Å². The lowest BCUT2D eigenvalue weighted by Gasteiger charge is -2.22. The molecule has 14 nitrogen and oxygen atoms in total. The smallest absolute Gasteiger partial charge is 0.252 e. The van der Waals surface area contributed by atoms with Crippen molar-refractivity contribution >= 4 is 45.6 Å². The molecule has 0 fully saturated rings. The van der Waals surface area contributed by atoms with Crippen LogP contribution in [0.5, 0.6) is 0 Å². The molecule has 3 aromatic carbocycles. The number of nitrogens with one attached hydrogen (secondary N) is 4. The summed E-state index contributed by atoms with van der Waals surface area (Å²) >= 11 is 0. The quantitative estimate of drug-likeness (QED) is 0.0489. The summed E-state index contributed by atoms with van der Waals surface area (Å²) in [5, 5.41) is 6.75. The minimum atomic E-state index is -1.01. The molecular weight excluding hydrogens is 634 g/mol. The lowest BCUT2D eigenvalue weighted by Crippen LogP contribution is -2.53. The molecule has 6 rings (SSSR count). The first-order chi connectivity index (χ1) is 24.3. The number of amides is 3. The van der Waals surface area contributed by atoms with Crippen LogP contribution in [0, 0.1) is 0 Å². The van der Waals surface area contributed by atoms with Gasteiger partial charge in [-0.1, -0.05) is 48.5 Å². The number of rotatable bonds is 15. The van der Waals surface area contributed by atoms with Crippen molar-refractivity contribution < 1.29 is 14.4 Å². The number of imidazole rings is 2. The molecule has 0 saturated heterocycles. The van der Waals surface area contributed by atoms with E-state index in [1.807, 2.05) is 54.7 Å². The van der Waals surface area contributed by atoms with E-state index in [9.17, 15) is 14.4 Å². The molecule has 2 atom stereocenters. The van der Waals surface area contributed by atoms with Crippen molar-refractivity contribution in [3.05, 3.63) is 108 Å². The number of guanidine groups is 1. The van der Waals surface area contributed by atoms with E-state index in [1.165, 1.54) is 10.9 Å². The number of aromatic amines is 2. The number of hydrogen-bond donors (Lipinski definition) is 7. The van der Waals surface area contributed by atoms with Gasteiger partial charge in [-0.2, -0.15) is 0 Å². The fourth-order valence-electron chi connectivity index (χ4n) is 6.01. The van der Waals surface area contributed by atoms with E-state index in [1.54, 1.807) is 24.7 Å². The van der Waals surface area contributed by atoms with Crippen LogP contribution in [0.15, 0.2) is 96.5 Å². The Bertz CT molecular complexity index is 2130. The predicted molar refractivity (Wildman–Crippen MR) is 192 cm³/mol. The summed E-state index contributed by atoms with van der Waals surface area (Å²) in [4.78, 5) is 59.0. The highest BCUT2D eigenvalue weighted by molar-refractivity contribution is 6.00. The molecule has 0 aliphatic carbocycles. The number of aliphatic imine (C=N–C) groups is 1. The van der Waals surface area contributed by atoms with E-state index in [4.69, 9.17) is 22.2 Å². The number of carbonyl (C=O) groups is 3. The largest absolute Gasteiger partial charge is 0.370 e. The number of nitrogens with zero attached hydrogens (tertiary/aromatic N) is 4. The molecule has 0 bridgehead atoms. The Labute approximate surface area is 287 Å². The maximum atomic E-state index is 13.7. The molecule has 6 aromatic rings. The molecule has 14 heteroatoms. The Hall–Kier alpha value is -6.44. The average Bonchev–Trinajstić information content (AvgIpc) is 3.87. The van der Waals surface area contributed by atoms with Crippen molar-refractivity contribution in [3.8, 4) is 11.5 Å². The summed E-state index contributed by atoms with van der Waals surface area (Å²) in [7, 11) is 0. The summed E-state index contributed by atoms with van der Waals surface area (Å²) in [6.45, 7) is 0.903. The van der Waals surface area contributed by atoms with Gasteiger partial charge in [-0.15, -0.1) is 0 Å². The number of nitrogens with two attached hydrogens (primary N) is 3. The molecule has 10 N–H and O–H groups in total. The van der Waals surface area contributed by atoms with Gasteiger partial charge in [0.1, 0.15) is 17.8 Å². The van der Waals surface area contributed by atoms with Crippen LogP contribution < -0.4 is 27.8 Å². The molecule has 0 aliphatic rings. The van der Waals surface area contributed by atoms with Crippen LogP contribution in [0.3, 0.4) is 0 Å². The van der Waals surface area contributed by atoms with Crippen molar-refractivity contribution in [1.82, 2.24) is 35.1 Å². The van der Waals surface area contributed by atoms with E-state index < -0.39 is 29.8 Å². The van der Waals surface area contributed by atoms with Gasteiger partial charge in [0.2, 0.25) is 11.8 Å². The zero-order valence-electron chi connectivity index (χ0n) is 27.3. The van der Waals surface area contributed by atoms with Gasteiger partial charge in [-0.3, -0.25) is 19.4 Å². The molecule has 0 saturated carbocycles. The molecule has 0 aliphatic heterocycles. The number of fused-ring (bicyclic) bond motifs is 2. The molecule has 3 heterocycles. The lowest BCUT2D eigenvalue weighted by molar-refractivity contribution is -0.128. The number of benzene rings is 3. The predicted octanol–water partition coefficient (Wildman–Crippen LogP) is 2.52. The van der Waals surface area contributed by atoms with Gasteiger partial charge in [0.25, 0.3) is 5.91 Å². The summed E-state index contributed by atoms with van der Waals surface area (Å²) in [5.74, 6) is -1.09. The normalized spacial score (nSPS) is 12.4. The standard InChI is InChI=1S/C36H39N11O3/c37-32(48)27(11-6-15-41-36(38)39)45-35(50)29(17-22-7-2-1-3-8-22)46-34(49)23-12-13-31-28(18-23)44-33(30-20-40-21-43-30)47(31)16-14-24-19-42-26-10-5-4-9-25(24)26/h1-5,7-10,12-13,18-21,27,29,42H,6,11,14-17H2,(H2,37,48)(H,40,43)(H,45,50)(H,46,49)(H4,38,39,41)/t27-,29+/m0/s1. The van der Waals surface area contributed by atoms with Gasteiger partial charge in [0.15, 0.2) is 11.8 Å². The Morgan fingerprint density at radius 2 is 1.72 bits per heavy atom. The highest BCUT2D eigenvalue weighted by Gasteiger charge is 2.27. The first kappa shape index (κ1) is 33.5. The van der Waals surface area contributed by atoms with Gasteiger partial charge in [0.05, 0.1) is 23.6 Å². The second-order valence-corrected chi connectivity index (χ2v) is 12.0. The number of para-hydroxylation sites is 1. The highest BCUT2D eigenvalue weighted by Crippen LogP contribution is 2.26. The van der Waals surface area contributed by atoms with E-state index in [0.717, 1.165) is 28.7 Å². The number of aryl methyl sites for hydroxylation is 2. The van der Waals surface area contributed by atoms with Crippen LogP contribution in [-0.4, -0.2) is 66.8 Å². The minimum Gasteiger partial charge on any atom is -0.370 e. The van der Waals surface area contributed by atoms with Crippen molar-refractivity contribution in [2.75, 3.05) is 6.54 Å². The van der Waals surface area contributed by atoms with Gasteiger partial charge >= 0.3 is 0 Å². The SMILES string of the molecule is NC(=O)[C@H](CCCN=C(N)N)NC(=O)[C@@H](Cc1ccccc1)NC(=O)c1ccc2c(c1)nc(-c1cnc[nH]1)n2CCc1c[nH]c2ccccc12. The lowest BCUT2D eigenvalue weighted by atomic mass is 10.0. The van der Waals surface area contributed by atoms with Crippen molar-refractivity contribution in [3.63, 3.8) is 0 Å². The molecule has 0 unspecified atom stereocenters. The molecule has 256 valence electrons. The molecule has 0 spiro atoms. The summed E-state index contributed by atoms with van der Waals surface area (Å²) in [5.41, 5.74) is 22.0. The summed E-state index contributed by atoms with van der Waals surface area (Å²) in [6.07, 6.45) is 6.91. The fraction of sp³-hybridized carbons (Fsp3) is 0.222. The van der Waals surface area contributed by atoms with Crippen LogP contribution in [0.4, 0.5) is 0 Å². The number of primary amides is 1. The second kappa shape index (κ2) is 15.2. The highest BCUT2D eigenvalue weighted by atomic mass is 16.2. The summed E-state index contributed by atoms with van der Waals surface area (Å²) in [6, 6.07) is 20.8. The van der Waals surface area contributed by atoms with Gasteiger partial charge in [0, 0.05) is 42.2 Å². The van der Waals surface area contributed by atoms with Crippen LogP contribution in [0.1, 0.15) is 34.3 Å². The molecule has 3 amide bonds. The zero-order valence-corrected chi connectivity index (χ0v) is 27.3. The third kappa shape index (κ3) is 7.81. The molecular formula is C36H39N11O3. The first-order valence-electron chi connectivity index (χ1n) is 16.3. The Balaban J connectivity index is 1.24. The van der Waals surface area contributed by atoms with Gasteiger partial charge in [-0.05, 0) is 54.7 Å². The number of carbonyl (C=O) groups excluding carboxylic acids is 3. The van der Waals surface area contributed by atoms with E-state index in [2.05, 4.69) is 47.3 Å². The van der Waals surface area contributed by atoms with Crippen LogP contribution in [0.25, 0.3) is 33.5 Å². The number of hydrogen-bond acceptors (Lipinski definition) is 6. The van der Waals surface area contributed by atoms with E-state index in [0.29, 0.717) is 29.9 Å². The van der Waals surface area contributed by atoms with Crippen molar-refractivity contribution in [2.45, 2.75) is 44.3 Å². The van der Waals surface area contributed by atoms with Gasteiger partial charge < -0.3 is 42.4 Å². The second-order valence-electron chi connectivity index (χ2n) is 12.0. The Morgan fingerprint density at radius 3 is 2.48 bits per heavy atom. The summed E-state index contributed by atoms with van der Waals surface area (Å²) < 4.78 is 2.11. The zero-order chi connectivity index (χ0) is 35.0. The third-order valence-corrected chi connectivity index (χ3v) is 8.54. The maximum absolute atomic E-state index is 13.7. The molecule has 0 radical (unpaired) electrons. The average molecular weight is 674 g/mol. The monoisotopic (exact) mass is 673 g/mol. The Kier molecular flexibility index (Phi) is 10.2. The van der Waals surface area contributed by atoms with Gasteiger partial charge in [-0.25, -0.2) is 9.97 Å². The maximum Gasteiger partial charge on any atom is 0.252 e. The molecule has 50 heavy (non-hydrogen) atoms. The first-order valence-corrected chi connectivity index (χ1v) is 16.3. The fourth-order valence-corrected chi connectivity index (χ4v) is 6.01. The van der Waals surface area contributed by atoms with Crippen molar-refractivity contribution in [1.29, 1.82) is 0 Å². The number of H-pyrrole nitrogens is 2. The van der Waals surface area contributed by atoms with Crippen molar-refractivity contribution in [2.24, 2.45) is 22.2 Å².